The number of likely N-dealkylation sites (N-methyl/N-ethyl adjacent to an activating group) is 1. The highest BCUT2D eigenvalue weighted by atomic mass is 79.9. The Balaban J connectivity index is 2.64. The lowest BCUT2D eigenvalue weighted by Crippen LogP contribution is -2.29. The molecule has 0 bridgehead atoms. The van der Waals surface area contributed by atoms with Crippen LogP contribution in [-0.4, -0.2) is 38.1 Å². The Bertz CT molecular complexity index is 337. The van der Waals surface area contributed by atoms with Crippen LogP contribution in [0.2, 0.25) is 0 Å². The van der Waals surface area contributed by atoms with Crippen LogP contribution in [0.15, 0.2) is 24.3 Å². The standard InChI is InChI=1S/C12H16BrNO2/c1-14(7-8-16-2)12(15)11-5-3-10(9-13)4-6-11/h3-6H,7-9H2,1-2H3. The van der Waals surface area contributed by atoms with Crippen molar-refractivity contribution in [1.82, 2.24) is 4.90 Å². The van der Waals surface area contributed by atoms with Crippen molar-refractivity contribution in [2.75, 3.05) is 27.3 Å². The van der Waals surface area contributed by atoms with E-state index in [9.17, 15) is 4.79 Å². The molecular weight excluding hydrogens is 270 g/mol. The molecule has 0 aromatic heterocycles. The Morgan fingerprint density at radius 1 is 1.38 bits per heavy atom. The van der Waals surface area contributed by atoms with Gasteiger partial charge in [-0.15, -0.1) is 0 Å². The number of benzene rings is 1. The highest BCUT2D eigenvalue weighted by Gasteiger charge is 2.10. The number of ether oxygens (including phenoxy) is 1. The second-order valence-electron chi connectivity index (χ2n) is 3.55. The molecule has 3 nitrogen and oxygen atoms in total. The van der Waals surface area contributed by atoms with E-state index in [0.29, 0.717) is 18.7 Å². The Morgan fingerprint density at radius 2 is 2.00 bits per heavy atom. The minimum Gasteiger partial charge on any atom is -0.383 e. The lowest BCUT2D eigenvalue weighted by Gasteiger charge is -2.16. The number of hydrogen-bond donors (Lipinski definition) is 0. The second kappa shape index (κ2) is 6.66. The average molecular weight is 286 g/mol. The van der Waals surface area contributed by atoms with Crippen molar-refractivity contribution in [1.29, 1.82) is 0 Å². The number of methoxy groups -OCH3 is 1. The average Bonchev–Trinajstić information content (AvgIpc) is 2.35. The summed E-state index contributed by atoms with van der Waals surface area (Å²) >= 11 is 3.37. The first-order valence-electron chi connectivity index (χ1n) is 5.08. The van der Waals surface area contributed by atoms with Gasteiger partial charge in [0.2, 0.25) is 0 Å². The number of carbonyl (C=O) groups excluding carboxylic acids is 1. The van der Waals surface area contributed by atoms with Crippen LogP contribution >= 0.6 is 15.9 Å². The molecule has 1 amide bonds. The fourth-order valence-electron chi connectivity index (χ4n) is 1.29. The molecule has 0 N–H and O–H groups in total. The number of hydrogen-bond acceptors (Lipinski definition) is 2. The first kappa shape index (κ1) is 13.2. The molecule has 88 valence electrons. The maximum Gasteiger partial charge on any atom is 0.253 e. The van der Waals surface area contributed by atoms with Gasteiger partial charge in [0.25, 0.3) is 5.91 Å². The molecule has 0 saturated carbocycles. The minimum absolute atomic E-state index is 0.0261. The molecule has 0 fully saturated rings. The number of nitrogens with zero attached hydrogens (tertiary/aromatic N) is 1. The van der Waals surface area contributed by atoms with Crippen LogP contribution in [0.5, 0.6) is 0 Å². The van der Waals surface area contributed by atoms with Gasteiger partial charge in [-0.25, -0.2) is 0 Å². The van der Waals surface area contributed by atoms with E-state index in [-0.39, 0.29) is 5.91 Å². The summed E-state index contributed by atoms with van der Waals surface area (Å²) < 4.78 is 4.93. The fraction of sp³-hybridized carbons (Fsp3) is 0.417. The first-order valence-corrected chi connectivity index (χ1v) is 6.20. The lowest BCUT2D eigenvalue weighted by atomic mass is 10.1. The van der Waals surface area contributed by atoms with E-state index in [1.807, 2.05) is 24.3 Å². The van der Waals surface area contributed by atoms with E-state index >= 15 is 0 Å². The molecule has 0 aliphatic carbocycles. The van der Waals surface area contributed by atoms with Gasteiger partial charge in [0.05, 0.1) is 6.61 Å². The molecule has 1 aromatic carbocycles. The Kier molecular flexibility index (Phi) is 5.49. The summed E-state index contributed by atoms with van der Waals surface area (Å²) in [5, 5.41) is 0.807. The Hall–Kier alpha value is -0.870. The predicted octanol–water partition coefficient (Wildman–Crippen LogP) is 2.30. The molecule has 16 heavy (non-hydrogen) atoms. The summed E-state index contributed by atoms with van der Waals surface area (Å²) in [4.78, 5) is 13.6. The smallest absolute Gasteiger partial charge is 0.253 e. The third-order valence-electron chi connectivity index (χ3n) is 2.33. The Labute approximate surface area is 105 Å². The largest absolute Gasteiger partial charge is 0.383 e. The van der Waals surface area contributed by atoms with Gasteiger partial charge in [0.15, 0.2) is 0 Å². The van der Waals surface area contributed by atoms with Crippen molar-refractivity contribution < 1.29 is 9.53 Å². The molecule has 0 saturated heterocycles. The van der Waals surface area contributed by atoms with Crippen LogP contribution in [0, 0.1) is 0 Å². The zero-order valence-electron chi connectivity index (χ0n) is 9.57. The second-order valence-corrected chi connectivity index (χ2v) is 4.11. The van der Waals surface area contributed by atoms with Crippen molar-refractivity contribution in [2.24, 2.45) is 0 Å². The van der Waals surface area contributed by atoms with Crippen molar-refractivity contribution in [3.05, 3.63) is 35.4 Å². The molecule has 0 aliphatic heterocycles. The van der Waals surface area contributed by atoms with Gasteiger partial charge in [-0.3, -0.25) is 4.79 Å². The topological polar surface area (TPSA) is 29.5 Å². The highest BCUT2D eigenvalue weighted by molar-refractivity contribution is 9.08. The van der Waals surface area contributed by atoms with Gasteiger partial charge >= 0.3 is 0 Å². The summed E-state index contributed by atoms with van der Waals surface area (Å²) in [6, 6.07) is 7.60. The van der Waals surface area contributed by atoms with Crippen LogP contribution in [0.25, 0.3) is 0 Å². The zero-order chi connectivity index (χ0) is 12.0. The van der Waals surface area contributed by atoms with Crippen LogP contribution in [0.4, 0.5) is 0 Å². The summed E-state index contributed by atoms with van der Waals surface area (Å²) in [5.41, 5.74) is 1.87. The molecule has 1 aromatic rings. The van der Waals surface area contributed by atoms with Gasteiger partial charge in [-0.05, 0) is 17.7 Å². The number of alkyl halides is 1. The molecule has 0 unspecified atom stereocenters. The van der Waals surface area contributed by atoms with Crippen LogP contribution < -0.4 is 0 Å². The lowest BCUT2D eigenvalue weighted by molar-refractivity contribution is 0.0744. The van der Waals surface area contributed by atoms with E-state index in [2.05, 4.69) is 15.9 Å². The van der Waals surface area contributed by atoms with Gasteiger partial charge in [-0.2, -0.15) is 0 Å². The third-order valence-corrected chi connectivity index (χ3v) is 2.98. The number of carbonyl (C=O) groups is 1. The van der Waals surface area contributed by atoms with E-state index < -0.39 is 0 Å². The molecule has 0 spiro atoms. The molecule has 1 rings (SSSR count). The summed E-state index contributed by atoms with van der Waals surface area (Å²) in [6.07, 6.45) is 0. The van der Waals surface area contributed by atoms with Gasteiger partial charge in [0, 0.05) is 31.6 Å². The van der Waals surface area contributed by atoms with E-state index in [1.165, 1.54) is 0 Å². The maximum atomic E-state index is 11.9. The Morgan fingerprint density at radius 3 is 2.50 bits per heavy atom. The first-order chi connectivity index (χ1) is 7.69. The minimum atomic E-state index is 0.0261. The summed E-state index contributed by atoms with van der Waals surface area (Å²) in [5.74, 6) is 0.0261. The van der Waals surface area contributed by atoms with Crippen molar-refractivity contribution in [2.45, 2.75) is 5.33 Å². The third kappa shape index (κ3) is 3.61. The summed E-state index contributed by atoms with van der Waals surface area (Å²) in [6.45, 7) is 1.16. The van der Waals surface area contributed by atoms with Crippen LogP contribution in [0.3, 0.4) is 0 Å². The molecular formula is C12H16BrNO2. The quantitative estimate of drug-likeness (QED) is 0.777. The SMILES string of the molecule is COCCN(C)C(=O)c1ccc(CBr)cc1. The van der Waals surface area contributed by atoms with Crippen molar-refractivity contribution in [3.8, 4) is 0 Å². The molecule has 0 heterocycles. The fourth-order valence-corrected chi connectivity index (χ4v) is 1.66. The maximum absolute atomic E-state index is 11.9. The zero-order valence-corrected chi connectivity index (χ0v) is 11.2. The van der Waals surface area contributed by atoms with Crippen LogP contribution in [-0.2, 0) is 10.1 Å². The van der Waals surface area contributed by atoms with Gasteiger partial charge < -0.3 is 9.64 Å². The molecule has 0 atom stereocenters. The van der Waals surface area contributed by atoms with Gasteiger partial charge in [-0.1, -0.05) is 28.1 Å². The van der Waals surface area contributed by atoms with E-state index in [1.54, 1.807) is 19.1 Å². The van der Waals surface area contributed by atoms with E-state index in [0.717, 1.165) is 10.9 Å². The van der Waals surface area contributed by atoms with Crippen LogP contribution in [0.1, 0.15) is 15.9 Å². The monoisotopic (exact) mass is 285 g/mol. The number of rotatable bonds is 5. The normalized spacial score (nSPS) is 10.2. The number of halogens is 1. The molecule has 0 radical (unpaired) electrons. The number of amides is 1. The van der Waals surface area contributed by atoms with E-state index in [4.69, 9.17) is 4.74 Å². The van der Waals surface area contributed by atoms with Gasteiger partial charge in [0.1, 0.15) is 0 Å². The van der Waals surface area contributed by atoms with Crippen molar-refractivity contribution >= 4 is 21.8 Å². The highest BCUT2D eigenvalue weighted by Crippen LogP contribution is 2.09. The van der Waals surface area contributed by atoms with Crippen molar-refractivity contribution in [3.63, 3.8) is 0 Å². The summed E-state index contributed by atoms with van der Waals surface area (Å²) in [7, 11) is 3.41. The molecule has 4 heteroatoms. The molecule has 0 aliphatic rings. The predicted molar refractivity (Wildman–Crippen MR) is 67.9 cm³/mol.